The van der Waals surface area contributed by atoms with Crippen molar-refractivity contribution in [1.29, 1.82) is 0 Å². The molecule has 1 aliphatic carbocycles. The van der Waals surface area contributed by atoms with Crippen molar-refractivity contribution in [3.8, 4) is 0 Å². The van der Waals surface area contributed by atoms with Crippen molar-refractivity contribution in [3.63, 3.8) is 0 Å². The van der Waals surface area contributed by atoms with E-state index in [1.165, 1.54) is 0 Å². The van der Waals surface area contributed by atoms with Gasteiger partial charge in [-0.3, -0.25) is 9.59 Å². The first-order chi connectivity index (χ1) is 11.6. The van der Waals surface area contributed by atoms with Crippen LogP contribution >= 0.6 is 11.6 Å². The normalized spacial score (nSPS) is 13.9. The zero-order valence-corrected chi connectivity index (χ0v) is 14.3. The van der Waals surface area contributed by atoms with Gasteiger partial charge in [-0.1, -0.05) is 11.6 Å². The number of esters is 1. The Morgan fingerprint density at radius 2 is 2.12 bits per heavy atom. The molecular weight excluding hydrogens is 330 g/mol. The van der Waals surface area contributed by atoms with Crippen LogP contribution in [0.15, 0.2) is 28.7 Å². The fraction of sp³-hybridized carbons (Fsp3) is 0.444. The van der Waals surface area contributed by atoms with Crippen molar-refractivity contribution >= 4 is 34.4 Å². The first kappa shape index (κ1) is 16.8. The Kier molecular flexibility index (Phi) is 5.09. The summed E-state index contributed by atoms with van der Waals surface area (Å²) >= 11 is 5.97. The Morgan fingerprint density at radius 3 is 2.83 bits per heavy atom. The average molecular weight is 350 g/mol. The second-order valence-corrected chi connectivity index (χ2v) is 6.48. The van der Waals surface area contributed by atoms with Crippen LogP contribution in [0.25, 0.3) is 11.0 Å². The molecule has 24 heavy (non-hydrogen) atoms. The second-order valence-electron chi connectivity index (χ2n) is 6.04. The highest BCUT2D eigenvalue weighted by molar-refractivity contribution is 6.31. The number of hydrogen-bond acceptors (Lipinski definition) is 4. The molecule has 1 saturated carbocycles. The lowest BCUT2D eigenvalue weighted by molar-refractivity contribution is -0.143. The summed E-state index contributed by atoms with van der Waals surface area (Å²) in [5, 5.41) is 1.39. The zero-order chi connectivity index (χ0) is 17.1. The van der Waals surface area contributed by atoms with Crippen molar-refractivity contribution in [2.75, 3.05) is 19.7 Å². The number of amides is 1. The third-order valence-corrected chi connectivity index (χ3v) is 4.28. The van der Waals surface area contributed by atoms with E-state index < -0.39 is 0 Å². The Bertz CT molecular complexity index is 751. The van der Waals surface area contributed by atoms with Crippen molar-refractivity contribution in [1.82, 2.24) is 4.90 Å². The van der Waals surface area contributed by atoms with Gasteiger partial charge < -0.3 is 14.1 Å². The highest BCUT2D eigenvalue weighted by Gasteiger charge is 2.29. The minimum Gasteiger partial charge on any atom is -0.466 e. The molecule has 0 unspecified atom stereocenters. The lowest BCUT2D eigenvalue weighted by Crippen LogP contribution is -2.34. The van der Waals surface area contributed by atoms with E-state index in [1.54, 1.807) is 36.1 Å². The van der Waals surface area contributed by atoms with E-state index in [9.17, 15) is 9.59 Å². The minimum absolute atomic E-state index is 0.193. The van der Waals surface area contributed by atoms with Crippen LogP contribution in [0.1, 0.15) is 36.7 Å². The molecule has 0 bridgehead atoms. The number of benzene rings is 1. The van der Waals surface area contributed by atoms with E-state index >= 15 is 0 Å². The van der Waals surface area contributed by atoms with Crippen molar-refractivity contribution < 1.29 is 18.7 Å². The van der Waals surface area contributed by atoms with Gasteiger partial charge in [-0.15, -0.1) is 0 Å². The van der Waals surface area contributed by atoms with Gasteiger partial charge in [0.1, 0.15) is 5.58 Å². The van der Waals surface area contributed by atoms with E-state index in [2.05, 4.69) is 0 Å². The molecule has 0 radical (unpaired) electrons. The van der Waals surface area contributed by atoms with Gasteiger partial charge in [0.05, 0.1) is 13.0 Å². The van der Waals surface area contributed by atoms with Crippen molar-refractivity contribution in [2.45, 2.75) is 26.2 Å². The third-order valence-electron chi connectivity index (χ3n) is 4.04. The number of hydrogen-bond donors (Lipinski definition) is 0. The molecule has 0 atom stereocenters. The van der Waals surface area contributed by atoms with Crippen LogP contribution in [-0.2, 0) is 9.53 Å². The summed E-state index contributed by atoms with van der Waals surface area (Å²) in [6.07, 6.45) is 2.44. The van der Waals surface area contributed by atoms with E-state index in [4.69, 9.17) is 20.8 Å². The number of rotatable bonds is 7. The fourth-order valence-electron chi connectivity index (χ4n) is 2.62. The van der Waals surface area contributed by atoms with E-state index in [0.717, 1.165) is 18.2 Å². The van der Waals surface area contributed by atoms with Crippen molar-refractivity contribution in [3.05, 3.63) is 35.0 Å². The molecule has 1 aliphatic rings. The van der Waals surface area contributed by atoms with Crippen LogP contribution in [0, 0.1) is 5.92 Å². The van der Waals surface area contributed by atoms with Crippen LogP contribution < -0.4 is 0 Å². The van der Waals surface area contributed by atoms with E-state index in [0.29, 0.717) is 36.2 Å². The molecular formula is C18H20ClNO4. The standard InChI is InChI=1S/C18H20ClNO4/c1-2-23-17(21)7-8-20(11-12-3-4-12)18(22)16-10-13-9-14(19)5-6-15(13)24-16/h5-6,9-10,12H,2-4,7-8,11H2,1H3. The molecule has 1 aromatic carbocycles. The summed E-state index contributed by atoms with van der Waals surface area (Å²) in [6.45, 7) is 3.10. The molecule has 2 aromatic rings. The molecule has 0 N–H and O–H groups in total. The van der Waals surface area contributed by atoms with Gasteiger partial charge in [0, 0.05) is 23.5 Å². The first-order valence-corrected chi connectivity index (χ1v) is 8.58. The van der Waals surface area contributed by atoms with Gasteiger partial charge in [-0.2, -0.15) is 0 Å². The summed E-state index contributed by atoms with van der Waals surface area (Å²) in [7, 11) is 0. The van der Waals surface area contributed by atoms with Gasteiger partial charge in [-0.25, -0.2) is 0 Å². The number of halogens is 1. The molecule has 1 amide bonds. The monoisotopic (exact) mass is 349 g/mol. The number of fused-ring (bicyclic) bond motifs is 1. The molecule has 1 heterocycles. The van der Waals surface area contributed by atoms with Crippen LogP contribution in [0.2, 0.25) is 5.02 Å². The Labute approximate surface area is 145 Å². The highest BCUT2D eigenvalue weighted by Crippen LogP contribution is 2.31. The quantitative estimate of drug-likeness (QED) is 0.711. The van der Waals surface area contributed by atoms with E-state index in [1.807, 2.05) is 0 Å². The molecule has 3 rings (SSSR count). The second kappa shape index (κ2) is 7.26. The third kappa shape index (κ3) is 4.09. The average Bonchev–Trinajstić information content (AvgIpc) is 3.27. The topological polar surface area (TPSA) is 59.8 Å². The molecule has 6 heteroatoms. The van der Waals surface area contributed by atoms with Gasteiger partial charge in [-0.05, 0) is 49.9 Å². The fourth-order valence-corrected chi connectivity index (χ4v) is 2.80. The van der Waals surface area contributed by atoms with Gasteiger partial charge >= 0.3 is 5.97 Å². The smallest absolute Gasteiger partial charge is 0.307 e. The first-order valence-electron chi connectivity index (χ1n) is 8.21. The maximum absolute atomic E-state index is 12.8. The van der Waals surface area contributed by atoms with Gasteiger partial charge in [0.15, 0.2) is 5.76 Å². The minimum atomic E-state index is -0.289. The number of nitrogens with zero attached hydrogens (tertiary/aromatic N) is 1. The highest BCUT2D eigenvalue weighted by atomic mass is 35.5. The molecule has 1 fully saturated rings. The summed E-state index contributed by atoms with van der Waals surface area (Å²) in [5.74, 6) is 0.313. The number of carbonyl (C=O) groups excluding carboxylic acids is 2. The molecule has 5 nitrogen and oxygen atoms in total. The summed E-state index contributed by atoms with van der Waals surface area (Å²) in [6, 6.07) is 6.94. The van der Waals surface area contributed by atoms with Gasteiger partial charge in [0.2, 0.25) is 0 Å². The van der Waals surface area contributed by atoms with Crippen LogP contribution in [0.5, 0.6) is 0 Å². The molecule has 1 aromatic heterocycles. The number of ether oxygens (including phenoxy) is 1. The predicted octanol–water partition coefficient (Wildman–Crippen LogP) is 3.89. The summed E-state index contributed by atoms with van der Waals surface area (Å²) < 4.78 is 10.6. The molecule has 0 saturated heterocycles. The van der Waals surface area contributed by atoms with Crippen LogP contribution in [-0.4, -0.2) is 36.5 Å². The van der Waals surface area contributed by atoms with E-state index in [-0.39, 0.29) is 24.1 Å². The van der Waals surface area contributed by atoms with Crippen LogP contribution in [0.3, 0.4) is 0 Å². The summed E-state index contributed by atoms with van der Waals surface area (Å²) in [4.78, 5) is 26.1. The maximum Gasteiger partial charge on any atom is 0.307 e. The number of carbonyl (C=O) groups is 2. The van der Waals surface area contributed by atoms with Crippen molar-refractivity contribution in [2.24, 2.45) is 5.92 Å². The summed E-state index contributed by atoms with van der Waals surface area (Å²) in [5.41, 5.74) is 0.625. The zero-order valence-electron chi connectivity index (χ0n) is 13.6. The molecule has 0 spiro atoms. The Balaban J connectivity index is 1.74. The van der Waals surface area contributed by atoms with Crippen LogP contribution in [0.4, 0.5) is 0 Å². The lowest BCUT2D eigenvalue weighted by Gasteiger charge is -2.21. The largest absolute Gasteiger partial charge is 0.466 e. The number of furan rings is 1. The predicted molar refractivity (Wildman–Crippen MR) is 91.1 cm³/mol. The SMILES string of the molecule is CCOC(=O)CCN(CC1CC1)C(=O)c1cc2cc(Cl)ccc2o1. The lowest BCUT2D eigenvalue weighted by atomic mass is 10.2. The Hall–Kier alpha value is -2.01. The molecule has 0 aliphatic heterocycles. The van der Waals surface area contributed by atoms with Gasteiger partial charge in [0.25, 0.3) is 5.91 Å². The Morgan fingerprint density at radius 1 is 1.33 bits per heavy atom. The maximum atomic E-state index is 12.8. The molecule has 128 valence electrons.